The van der Waals surface area contributed by atoms with E-state index >= 15 is 0 Å². The summed E-state index contributed by atoms with van der Waals surface area (Å²) in [7, 11) is 0. The average molecular weight is 454 g/mol. The molecule has 0 radical (unpaired) electrons. The van der Waals surface area contributed by atoms with Crippen LogP contribution in [0.5, 0.6) is 0 Å². The van der Waals surface area contributed by atoms with Gasteiger partial charge in [0.15, 0.2) is 0 Å². The molecule has 1 fully saturated rings. The summed E-state index contributed by atoms with van der Waals surface area (Å²) in [6.45, 7) is 3.46. The fraction of sp³-hybridized carbons (Fsp3) is 0.250. The molecule has 0 aromatic heterocycles. The molecule has 6 nitrogen and oxygen atoms in total. The zero-order valence-corrected chi connectivity index (χ0v) is 19.2. The summed E-state index contributed by atoms with van der Waals surface area (Å²) in [6.07, 6.45) is 1.53. The number of amides is 3. The van der Waals surface area contributed by atoms with E-state index in [2.05, 4.69) is 5.32 Å². The molecule has 1 saturated heterocycles. The van der Waals surface area contributed by atoms with E-state index in [9.17, 15) is 14.4 Å². The van der Waals surface area contributed by atoms with Crippen molar-refractivity contribution in [2.75, 3.05) is 11.4 Å². The number of nitrogens with zero attached hydrogens (tertiary/aromatic N) is 2. The van der Waals surface area contributed by atoms with Crippen LogP contribution in [0, 0.1) is 6.92 Å². The molecular weight excluding hydrogens is 426 g/mol. The van der Waals surface area contributed by atoms with Gasteiger partial charge in [0.2, 0.25) is 5.91 Å². The number of hydrogen-bond acceptors (Lipinski definition) is 3. The quantitative estimate of drug-likeness (QED) is 0.633. The Bertz CT molecular complexity index is 1250. The number of para-hydroxylation sites is 1. The molecule has 3 aromatic carbocycles. The maximum atomic E-state index is 13.4. The summed E-state index contributed by atoms with van der Waals surface area (Å²) in [4.78, 5) is 42.6. The van der Waals surface area contributed by atoms with Crippen molar-refractivity contribution in [2.24, 2.45) is 0 Å². The van der Waals surface area contributed by atoms with E-state index in [-0.39, 0.29) is 17.7 Å². The molecule has 0 bridgehead atoms. The molecule has 3 aromatic rings. The molecule has 172 valence electrons. The number of carbonyl (C=O) groups excluding carboxylic acids is 3. The Kier molecular flexibility index (Phi) is 5.88. The average Bonchev–Trinajstić information content (AvgIpc) is 3.34. The molecule has 0 aliphatic carbocycles. The number of aryl methyl sites for hydroxylation is 1. The van der Waals surface area contributed by atoms with Crippen LogP contribution in [0.3, 0.4) is 0 Å². The van der Waals surface area contributed by atoms with Crippen LogP contribution in [0.15, 0.2) is 72.8 Å². The lowest BCUT2D eigenvalue weighted by atomic mass is 10.1. The van der Waals surface area contributed by atoms with Crippen molar-refractivity contribution >= 4 is 23.4 Å². The van der Waals surface area contributed by atoms with Crippen molar-refractivity contribution in [3.63, 3.8) is 0 Å². The number of nitrogens with one attached hydrogen (secondary N) is 1. The SMILES string of the molecule is Cc1ccccc1CNC(=O)c1ccc(CN2C(=O)C3CCCN3C(=O)c3ccccc32)cc1. The Labute approximate surface area is 199 Å². The number of fused-ring (bicyclic) bond motifs is 2. The summed E-state index contributed by atoms with van der Waals surface area (Å²) in [5.41, 5.74) is 4.90. The van der Waals surface area contributed by atoms with Crippen LogP contribution >= 0.6 is 0 Å². The van der Waals surface area contributed by atoms with Crippen molar-refractivity contribution in [3.8, 4) is 0 Å². The number of benzene rings is 3. The highest BCUT2D eigenvalue weighted by Crippen LogP contribution is 2.33. The molecule has 2 aliphatic heterocycles. The van der Waals surface area contributed by atoms with E-state index in [1.54, 1.807) is 28.0 Å². The molecule has 5 rings (SSSR count). The fourth-order valence-corrected chi connectivity index (χ4v) is 4.80. The third-order valence-corrected chi connectivity index (χ3v) is 6.75. The second kappa shape index (κ2) is 9.14. The largest absolute Gasteiger partial charge is 0.348 e. The molecule has 1 unspecified atom stereocenters. The molecule has 2 heterocycles. The summed E-state index contributed by atoms with van der Waals surface area (Å²) < 4.78 is 0. The molecular formula is C28H27N3O3. The van der Waals surface area contributed by atoms with Gasteiger partial charge in [-0.15, -0.1) is 0 Å². The van der Waals surface area contributed by atoms with Crippen LogP contribution in [0.1, 0.15) is 50.2 Å². The summed E-state index contributed by atoms with van der Waals surface area (Å²) in [6, 6.07) is 22.2. The first-order valence-corrected chi connectivity index (χ1v) is 11.7. The highest BCUT2D eigenvalue weighted by Gasteiger charge is 2.41. The van der Waals surface area contributed by atoms with Gasteiger partial charge in [0.05, 0.1) is 17.8 Å². The Hall–Kier alpha value is -3.93. The van der Waals surface area contributed by atoms with E-state index in [1.165, 1.54) is 0 Å². The number of rotatable bonds is 5. The summed E-state index contributed by atoms with van der Waals surface area (Å²) >= 11 is 0. The van der Waals surface area contributed by atoms with Gasteiger partial charge >= 0.3 is 0 Å². The van der Waals surface area contributed by atoms with Gasteiger partial charge in [-0.1, -0.05) is 48.5 Å². The normalized spacial score (nSPS) is 17.3. The maximum absolute atomic E-state index is 13.4. The van der Waals surface area contributed by atoms with Crippen molar-refractivity contribution in [1.82, 2.24) is 10.2 Å². The number of anilines is 1. The van der Waals surface area contributed by atoms with Crippen molar-refractivity contribution in [2.45, 2.75) is 38.9 Å². The standard InChI is InChI=1S/C28H27N3O3/c1-19-7-2-3-8-22(19)17-29-26(32)21-14-12-20(13-15-21)18-31-24-10-5-4-9-23(24)27(33)30-16-6-11-25(30)28(31)34/h2-5,7-10,12-15,25H,6,11,16-18H2,1H3,(H,29,32). The van der Waals surface area contributed by atoms with Crippen molar-refractivity contribution in [1.29, 1.82) is 0 Å². The van der Waals surface area contributed by atoms with Crippen LogP contribution in [0.2, 0.25) is 0 Å². The smallest absolute Gasteiger partial charge is 0.256 e. The molecule has 0 saturated carbocycles. The first-order chi connectivity index (χ1) is 16.5. The summed E-state index contributed by atoms with van der Waals surface area (Å²) in [5.74, 6) is -0.260. The Balaban J connectivity index is 1.33. The highest BCUT2D eigenvalue weighted by molar-refractivity contribution is 6.11. The molecule has 34 heavy (non-hydrogen) atoms. The minimum atomic E-state index is -0.411. The van der Waals surface area contributed by atoms with Crippen LogP contribution in [-0.4, -0.2) is 35.2 Å². The first-order valence-electron chi connectivity index (χ1n) is 11.7. The number of hydrogen-bond donors (Lipinski definition) is 1. The van der Waals surface area contributed by atoms with Gasteiger partial charge in [-0.05, 0) is 60.7 Å². The third-order valence-electron chi connectivity index (χ3n) is 6.75. The highest BCUT2D eigenvalue weighted by atomic mass is 16.2. The van der Waals surface area contributed by atoms with Gasteiger partial charge in [0, 0.05) is 18.7 Å². The van der Waals surface area contributed by atoms with Crippen molar-refractivity contribution in [3.05, 3.63) is 101 Å². The lowest BCUT2D eigenvalue weighted by Gasteiger charge is -2.26. The minimum absolute atomic E-state index is 0.0455. The van der Waals surface area contributed by atoms with Crippen LogP contribution in [0.4, 0.5) is 5.69 Å². The van der Waals surface area contributed by atoms with Gasteiger partial charge in [-0.25, -0.2) is 0 Å². The van der Waals surface area contributed by atoms with Gasteiger partial charge in [0.1, 0.15) is 6.04 Å². The zero-order valence-electron chi connectivity index (χ0n) is 19.2. The van der Waals surface area contributed by atoms with E-state index < -0.39 is 6.04 Å². The Morgan fingerprint density at radius 3 is 2.50 bits per heavy atom. The zero-order chi connectivity index (χ0) is 23.7. The monoisotopic (exact) mass is 453 g/mol. The molecule has 1 N–H and O–H groups in total. The minimum Gasteiger partial charge on any atom is -0.348 e. The maximum Gasteiger partial charge on any atom is 0.256 e. The van der Waals surface area contributed by atoms with Crippen LogP contribution in [0.25, 0.3) is 0 Å². The van der Waals surface area contributed by atoms with E-state index in [0.29, 0.717) is 42.9 Å². The predicted octanol–water partition coefficient (Wildman–Crippen LogP) is 4.08. The van der Waals surface area contributed by atoms with E-state index in [0.717, 1.165) is 23.1 Å². The lowest BCUT2D eigenvalue weighted by Crippen LogP contribution is -2.44. The van der Waals surface area contributed by atoms with Gasteiger partial charge in [-0.2, -0.15) is 0 Å². The molecule has 2 aliphatic rings. The van der Waals surface area contributed by atoms with Gasteiger partial charge in [0.25, 0.3) is 11.8 Å². The Morgan fingerprint density at radius 1 is 0.971 bits per heavy atom. The van der Waals surface area contributed by atoms with Crippen LogP contribution < -0.4 is 10.2 Å². The fourth-order valence-electron chi connectivity index (χ4n) is 4.80. The Morgan fingerprint density at radius 2 is 1.71 bits per heavy atom. The first kappa shape index (κ1) is 21.9. The van der Waals surface area contributed by atoms with Crippen LogP contribution in [-0.2, 0) is 17.9 Å². The lowest BCUT2D eigenvalue weighted by molar-refractivity contribution is -0.122. The molecule has 0 spiro atoms. The second-order valence-electron chi connectivity index (χ2n) is 8.90. The topological polar surface area (TPSA) is 69.7 Å². The second-order valence-corrected chi connectivity index (χ2v) is 8.90. The molecule has 3 amide bonds. The third kappa shape index (κ3) is 4.07. The van der Waals surface area contributed by atoms with E-state index in [4.69, 9.17) is 0 Å². The van der Waals surface area contributed by atoms with Crippen molar-refractivity contribution < 1.29 is 14.4 Å². The van der Waals surface area contributed by atoms with Gasteiger partial charge < -0.3 is 15.1 Å². The predicted molar refractivity (Wildman–Crippen MR) is 130 cm³/mol. The molecule has 6 heteroatoms. The van der Waals surface area contributed by atoms with E-state index in [1.807, 2.05) is 61.5 Å². The summed E-state index contributed by atoms with van der Waals surface area (Å²) in [5, 5.41) is 2.97. The molecule has 1 atom stereocenters. The number of carbonyl (C=O) groups is 3. The van der Waals surface area contributed by atoms with Gasteiger partial charge in [-0.3, -0.25) is 14.4 Å².